The van der Waals surface area contributed by atoms with E-state index in [1.165, 1.54) is 47.5 Å². The van der Waals surface area contributed by atoms with Crippen molar-refractivity contribution in [3.63, 3.8) is 0 Å². The SMILES string of the molecule is C[C@H]1CN([C@@H](C)CO)C(=O)c2cc(C#Cc3ccc(F)cc3)cnc2O[C@H]1CN(C)C(=O)Nc1ccc(F)cc1. The van der Waals surface area contributed by atoms with Crippen LogP contribution in [0.5, 0.6) is 5.88 Å². The molecule has 10 heteroatoms. The number of anilines is 1. The number of aliphatic hydroxyl groups is 1. The van der Waals surface area contributed by atoms with E-state index in [1.54, 1.807) is 37.1 Å². The molecule has 2 N–H and O–H groups in total. The van der Waals surface area contributed by atoms with Gasteiger partial charge < -0.3 is 25.0 Å². The molecule has 3 atom stereocenters. The summed E-state index contributed by atoms with van der Waals surface area (Å²) in [7, 11) is 1.61. The van der Waals surface area contributed by atoms with Crippen molar-refractivity contribution >= 4 is 17.6 Å². The molecule has 2 heterocycles. The predicted octanol–water partition coefficient (Wildman–Crippen LogP) is 4.14. The fourth-order valence-electron chi connectivity index (χ4n) is 4.17. The van der Waals surface area contributed by atoms with Crippen molar-refractivity contribution in [2.24, 2.45) is 5.92 Å². The molecule has 2 aromatic carbocycles. The van der Waals surface area contributed by atoms with E-state index < -0.39 is 24.0 Å². The summed E-state index contributed by atoms with van der Waals surface area (Å²) in [5.41, 5.74) is 1.68. The number of urea groups is 1. The molecule has 40 heavy (non-hydrogen) atoms. The number of aliphatic hydroxyl groups excluding tert-OH is 1. The van der Waals surface area contributed by atoms with Crippen LogP contribution in [-0.4, -0.2) is 70.7 Å². The molecule has 0 fully saturated rings. The van der Waals surface area contributed by atoms with Crippen LogP contribution >= 0.6 is 0 Å². The monoisotopic (exact) mass is 548 g/mol. The number of hydrogen-bond acceptors (Lipinski definition) is 5. The Morgan fingerprint density at radius 2 is 1.77 bits per heavy atom. The number of pyridine rings is 1. The third kappa shape index (κ3) is 6.93. The number of aromatic nitrogens is 1. The number of nitrogens with one attached hydrogen (secondary N) is 1. The van der Waals surface area contributed by atoms with Crippen LogP contribution < -0.4 is 10.1 Å². The van der Waals surface area contributed by atoms with Gasteiger partial charge in [0.25, 0.3) is 5.91 Å². The van der Waals surface area contributed by atoms with Crippen molar-refractivity contribution in [1.29, 1.82) is 0 Å². The molecule has 1 aromatic heterocycles. The standard InChI is InChI=1S/C30H30F2N4O4/c1-19-16-36(20(2)18-37)29(38)26-14-22(5-4-21-6-8-23(31)9-7-21)15-33-28(26)40-27(19)17-35(3)30(39)34-25-12-10-24(32)11-13-25/h6-15,19-20,27,37H,16-18H2,1-3H3,(H,34,39)/t19-,20-,27-/m0/s1. The number of fused-ring (bicyclic) bond motifs is 1. The average molecular weight is 549 g/mol. The van der Waals surface area contributed by atoms with Crippen molar-refractivity contribution in [2.45, 2.75) is 26.0 Å². The molecule has 4 rings (SSSR count). The lowest BCUT2D eigenvalue weighted by molar-refractivity contribution is 0.0356. The summed E-state index contributed by atoms with van der Waals surface area (Å²) >= 11 is 0. The Morgan fingerprint density at radius 1 is 1.15 bits per heavy atom. The van der Waals surface area contributed by atoms with E-state index in [1.807, 2.05) is 6.92 Å². The van der Waals surface area contributed by atoms with Crippen LogP contribution in [0.25, 0.3) is 0 Å². The zero-order valence-electron chi connectivity index (χ0n) is 22.4. The van der Waals surface area contributed by atoms with E-state index in [9.17, 15) is 23.5 Å². The molecule has 1 aliphatic heterocycles. The second-order valence-electron chi connectivity index (χ2n) is 9.77. The van der Waals surface area contributed by atoms with E-state index in [4.69, 9.17) is 4.74 Å². The Kier molecular flexibility index (Phi) is 8.97. The number of likely N-dealkylation sites (N-methyl/N-ethyl adjacent to an activating group) is 1. The number of benzene rings is 2. The van der Waals surface area contributed by atoms with Crippen LogP contribution in [0, 0.1) is 29.4 Å². The highest BCUT2D eigenvalue weighted by molar-refractivity contribution is 5.97. The van der Waals surface area contributed by atoms with Crippen molar-refractivity contribution in [1.82, 2.24) is 14.8 Å². The zero-order chi connectivity index (χ0) is 28.8. The molecular formula is C30H30F2N4O4. The van der Waals surface area contributed by atoms with Gasteiger partial charge in [-0.2, -0.15) is 0 Å². The van der Waals surface area contributed by atoms with E-state index in [0.717, 1.165) is 0 Å². The minimum absolute atomic E-state index is 0.0939. The summed E-state index contributed by atoms with van der Waals surface area (Å²) in [5.74, 6) is 4.60. The van der Waals surface area contributed by atoms with E-state index in [0.29, 0.717) is 16.8 Å². The summed E-state index contributed by atoms with van der Waals surface area (Å²) < 4.78 is 32.6. The maximum Gasteiger partial charge on any atom is 0.321 e. The van der Waals surface area contributed by atoms with Crippen LogP contribution in [0.15, 0.2) is 60.8 Å². The molecular weight excluding hydrogens is 518 g/mol. The molecule has 0 radical (unpaired) electrons. The summed E-state index contributed by atoms with van der Waals surface area (Å²) in [4.78, 5) is 33.8. The maximum atomic E-state index is 13.6. The zero-order valence-corrected chi connectivity index (χ0v) is 22.4. The van der Waals surface area contributed by atoms with Gasteiger partial charge in [-0.25, -0.2) is 18.6 Å². The number of ether oxygens (including phenoxy) is 1. The molecule has 1 aliphatic rings. The molecule has 0 bridgehead atoms. The molecule has 208 valence electrons. The minimum Gasteiger partial charge on any atom is -0.472 e. The first-order valence-electron chi connectivity index (χ1n) is 12.8. The first-order chi connectivity index (χ1) is 19.1. The lowest BCUT2D eigenvalue weighted by Gasteiger charge is -2.37. The number of carbonyl (C=O) groups is 2. The smallest absolute Gasteiger partial charge is 0.321 e. The maximum absolute atomic E-state index is 13.6. The summed E-state index contributed by atoms with van der Waals surface area (Å²) in [6.45, 7) is 3.83. The third-order valence-corrected chi connectivity index (χ3v) is 6.61. The Morgan fingerprint density at radius 3 is 2.42 bits per heavy atom. The number of rotatable bonds is 5. The van der Waals surface area contributed by atoms with E-state index in [-0.39, 0.29) is 48.8 Å². The molecule has 0 aliphatic carbocycles. The fourth-order valence-corrected chi connectivity index (χ4v) is 4.17. The van der Waals surface area contributed by atoms with E-state index in [2.05, 4.69) is 22.1 Å². The van der Waals surface area contributed by atoms with Gasteiger partial charge in [-0.1, -0.05) is 18.8 Å². The molecule has 3 amide bonds. The molecule has 0 saturated carbocycles. The Balaban J connectivity index is 1.60. The van der Waals surface area contributed by atoms with Crippen LogP contribution in [0.2, 0.25) is 0 Å². The quantitative estimate of drug-likeness (QED) is 0.468. The highest BCUT2D eigenvalue weighted by atomic mass is 19.1. The second-order valence-corrected chi connectivity index (χ2v) is 9.77. The van der Waals surface area contributed by atoms with E-state index >= 15 is 0 Å². The Hall–Kier alpha value is -4.49. The topological polar surface area (TPSA) is 95.0 Å². The summed E-state index contributed by atoms with van der Waals surface area (Å²) in [6, 6.07) is 11.9. The lowest BCUT2D eigenvalue weighted by atomic mass is 10.00. The summed E-state index contributed by atoms with van der Waals surface area (Å²) in [5, 5.41) is 12.6. The van der Waals surface area contributed by atoms with Gasteiger partial charge in [0, 0.05) is 42.5 Å². The van der Waals surface area contributed by atoms with Crippen molar-refractivity contribution in [2.75, 3.05) is 32.1 Å². The average Bonchev–Trinajstić information content (AvgIpc) is 2.95. The van der Waals surface area contributed by atoms with Crippen LogP contribution in [0.4, 0.5) is 19.3 Å². The van der Waals surface area contributed by atoms with Crippen LogP contribution in [-0.2, 0) is 0 Å². The van der Waals surface area contributed by atoms with Gasteiger partial charge in [-0.15, -0.1) is 0 Å². The predicted molar refractivity (Wildman–Crippen MR) is 146 cm³/mol. The number of carbonyl (C=O) groups excluding carboxylic acids is 2. The van der Waals surface area contributed by atoms with Crippen molar-refractivity contribution in [3.05, 3.63) is 89.1 Å². The number of hydrogen-bond donors (Lipinski definition) is 2. The van der Waals surface area contributed by atoms with Crippen molar-refractivity contribution in [3.8, 4) is 17.7 Å². The lowest BCUT2D eigenvalue weighted by Crippen LogP contribution is -2.50. The normalized spacial score (nSPS) is 17.4. The largest absolute Gasteiger partial charge is 0.472 e. The molecule has 0 unspecified atom stereocenters. The first kappa shape index (κ1) is 28.5. The van der Waals surface area contributed by atoms with Gasteiger partial charge in [-0.3, -0.25) is 4.79 Å². The molecule has 0 spiro atoms. The number of amides is 3. The number of halogens is 2. The first-order valence-corrected chi connectivity index (χ1v) is 12.8. The Bertz CT molecular complexity index is 1420. The highest BCUT2D eigenvalue weighted by Gasteiger charge is 2.34. The van der Waals surface area contributed by atoms with Gasteiger partial charge in [0.1, 0.15) is 23.3 Å². The highest BCUT2D eigenvalue weighted by Crippen LogP contribution is 2.27. The molecule has 3 aromatic rings. The summed E-state index contributed by atoms with van der Waals surface area (Å²) in [6.07, 6.45) is 0.935. The Labute approximate surface area is 231 Å². The fraction of sp³-hybridized carbons (Fsp3) is 0.300. The van der Waals surface area contributed by atoms with Gasteiger partial charge in [0.05, 0.1) is 19.2 Å². The van der Waals surface area contributed by atoms with Gasteiger partial charge >= 0.3 is 6.03 Å². The minimum atomic E-state index is -0.548. The third-order valence-electron chi connectivity index (χ3n) is 6.61. The second kappa shape index (κ2) is 12.6. The van der Waals surface area contributed by atoms with Gasteiger partial charge in [0.15, 0.2) is 0 Å². The molecule has 0 saturated heterocycles. The van der Waals surface area contributed by atoms with Crippen molar-refractivity contribution < 1.29 is 28.2 Å². The van der Waals surface area contributed by atoms with Crippen LogP contribution in [0.1, 0.15) is 35.3 Å². The van der Waals surface area contributed by atoms with Crippen LogP contribution in [0.3, 0.4) is 0 Å². The van der Waals surface area contributed by atoms with Gasteiger partial charge in [0.2, 0.25) is 5.88 Å². The molecule has 8 nitrogen and oxygen atoms in total. The van der Waals surface area contributed by atoms with Gasteiger partial charge in [-0.05, 0) is 61.5 Å². The number of nitrogens with zero attached hydrogens (tertiary/aromatic N) is 3.